The maximum atomic E-state index is 12.9. The lowest BCUT2D eigenvalue weighted by Crippen LogP contribution is -2.30. The van der Waals surface area contributed by atoms with Crippen molar-refractivity contribution < 1.29 is 28.6 Å². The number of unbranched alkanes of at least 4 members (excludes halogenated alkanes) is 22. The quantitative estimate of drug-likeness (QED) is 0.0261. The highest BCUT2D eigenvalue weighted by Gasteiger charge is 2.19. The van der Waals surface area contributed by atoms with Gasteiger partial charge in [0.15, 0.2) is 6.10 Å². The molecule has 0 rings (SSSR count). The van der Waals surface area contributed by atoms with Gasteiger partial charge >= 0.3 is 17.9 Å². The van der Waals surface area contributed by atoms with Crippen LogP contribution in [0.25, 0.3) is 0 Å². The maximum absolute atomic E-state index is 12.9. The first-order valence-corrected chi connectivity index (χ1v) is 31.2. The number of hydrogen-bond acceptors (Lipinski definition) is 6. The lowest BCUT2D eigenvalue weighted by molar-refractivity contribution is -0.167. The van der Waals surface area contributed by atoms with Crippen molar-refractivity contribution in [1.82, 2.24) is 0 Å². The van der Waals surface area contributed by atoms with E-state index in [-0.39, 0.29) is 37.5 Å². The summed E-state index contributed by atoms with van der Waals surface area (Å²) in [6.07, 6.45) is 88.9. The first-order chi connectivity index (χ1) is 37.5. The van der Waals surface area contributed by atoms with Crippen molar-refractivity contribution in [3.05, 3.63) is 134 Å². The lowest BCUT2D eigenvalue weighted by Gasteiger charge is -2.18. The molecule has 1 atom stereocenters. The number of ether oxygens (including phenoxy) is 3. The predicted octanol–water partition coefficient (Wildman–Crippen LogP) is 21.4. The minimum absolute atomic E-state index is 0.103. The number of allylic oxidation sites excluding steroid dienone is 22. The van der Waals surface area contributed by atoms with E-state index in [1.54, 1.807) is 0 Å². The minimum atomic E-state index is -0.809. The molecular formula is C70H114O6. The molecule has 0 saturated heterocycles. The largest absolute Gasteiger partial charge is 0.462 e. The van der Waals surface area contributed by atoms with Crippen LogP contribution in [0.3, 0.4) is 0 Å². The molecule has 0 aromatic heterocycles. The third kappa shape index (κ3) is 60.4. The van der Waals surface area contributed by atoms with E-state index in [2.05, 4.69) is 154 Å². The van der Waals surface area contributed by atoms with E-state index >= 15 is 0 Å². The van der Waals surface area contributed by atoms with Gasteiger partial charge in [-0.3, -0.25) is 14.4 Å². The van der Waals surface area contributed by atoms with Gasteiger partial charge in [-0.25, -0.2) is 0 Å². The maximum Gasteiger partial charge on any atom is 0.306 e. The molecule has 1 unspecified atom stereocenters. The van der Waals surface area contributed by atoms with Crippen molar-refractivity contribution in [2.45, 2.75) is 277 Å². The molecule has 0 aliphatic rings. The zero-order valence-electron chi connectivity index (χ0n) is 49.2. The summed E-state index contributed by atoms with van der Waals surface area (Å²) in [6, 6.07) is 0. The third-order valence-electron chi connectivity index (χ3n) is 12.9. The monoisotopic (exact) mass is 1050 g/mol. The van der Waals surface area contributed by atoms with Crippen LogP contribution in [-0.4, -0.2) is 37.2 Å². The number of rotatable bonds is 55. The molecule has 0 radical (unpaired) electrons. The number of carbonyl (C=O) groups is 3. The highest BCUT2D eigenvalue weighted by Crippen LogP contribution is 2.15. The Hall–Kier alpha value is -4.45. The Bertz CT molecular complexity index is 1630. The topological polar surface area (TPSA) is 78.9 Å². The van der Waals surface area contributed by atoms with Gasteiger partial charge in [-0.15, -0.1) is 0 Å². The van der Waals surface area contributed by atoms with Crippen LogP contribution in [-0.2, 0) is 28.6 Å². The molecule has 0 aromatic rings. The Morgan fingerprint density at radius 3 is 0.842 bits per heavy atom. The van der Waals surface area contributed by atoms with Crippen LogP contribution in [0.4, 0.5) is 0 Å². The van der Waals surface area contributed by atoms with Crippen LogP contribution in [0.15, 0.2) is 134 Å². The van der Waals surface area contributed by atoms with Crippen LogP contribution in [0, 0.1) is 0 Å². The van der Waals surface area contributed by atoms with E-state index in [1.807, 2.05) is 0 Å². The van der Waals surface area contributed by atoms with Gasteiger partial charge in [0.25, 0.3) is 0 Å². The Kier molecular flexibility index (Phi) is 59.4. The minimum Gasteiger partial charge on any atom is -0.462 e. The summed E-state index contributed by atoms with van der Waals surface area (Å²) in [7, 11) is 0. The van der Waals surface area contributed by atoms with E-state index in [9.17, 15) is 14.4 Å². The molecule has 0 aliphatic heterocycles. The molecule has 76 heavy (non-hydrogen) atoms. The number of hydrogen-bond donors (Lipinski definition) is 0. The fraction of sp³-hybridized carbons (Fsp3) is 0.643. The van der Waals surface area contributed by atoms with Gasteiger partial charge in [0.05, 0.1) is 0 Å². The molecule has 0 aliphatic carbocycles. The van der Waals surface area contributed by atoms with E-state index in [4.69, 9.17) is 14.2 Å². The molecule has 0 spiro atoms. The van der Waals surface area contributed by atoms with Crippen LogP contribution < -0.4 is 0 Å². The summed E-state index contributed by atoms with van der Waals surface area (Å²) < 4.78 is 16.8. The smallest absolute Gasteiger partial charge is 0.306 e. The summed E-state index contributed by atoms with van der Waals surface area (Å²) in [5.74, 6) is -0.957. The van der Waals surface area contributed by atoms with Crippen LogP contribution in [0.2, 0.25) is 0 Å². The van der Waals surface area contributed by atoms with Gasteiger partial charge in [0.2, 0.25) is 0 Å². The van der Waals surface area contributed by atoms with Crippen molar-refractivity contribution in [2.24, 2.45) is 0 Å². The summed E-state index contributed by atoms with van der Waals surface area (Å²) >= 11 is 0. The van der Waals surface area contributed by atoms with Crippen LogP contribution in [0.5, 0.6) is 0 Å². The average molecular weight is 1050 g/mol. The van der Waals surface area contributed by atoms with Gasteiger partial charge in [0, 0.05) is 19.3 Å². The zero-order valence-corrected chi connectivity index (χ0v) is 49.2. The van der Waals surface area contributed by atoms with Gasteiger partial charge in [-0.2, -0.15) is 0 Å². The van der Waals surface area contributed by atoms with Crippen molar-refractivity contribution in [3.63, 3.8) is 0 Å². The van der Waals surface area contributed by atoms with Crippen molar-refractivity contribution >= 4 is 17.9 Å². The number of esters is 3. The second kappa shape index (κ2) is 63.1. The molecule has 6 nitrogen and oxygen atoms in total. The first kappa shape index (κ1) is 71.5. The normalized spacial score (nSPS) is 13.0. The van der Waals surface area contributed by atoms with Crippen molar-refractivity contribution in [2.75, 3.05) is 13.2 Å². The summed E-state index contributed by atoms with van der Waals surface area (Å²) in [5.41, 5.74) is 0. The zero-order chi connectivity index (χ0) is 55.0. The third-order valence-corrected chi connectivity index (χ3v) is 12.9. The fourth-order valence-corrected chi connectivity index (χ4v) is 8.25. The Morgan fingerprint density at radius 1 is 0.276 bits per heavy atom. The molecule has 6 heteroatoms. The SMILES string of the molecule is CC/C=C\C/C=C\C/C=C\C/C=C\C/C=C\C/C=C\CCCCCCCCCCCCC(=O)OCC(COC(=O)CCCCCCC/C=C\CCCCCCC)OC(=O)CCCC/C=C\C/C=C\C/C=C\C/C=C\CC. The second-order valence-electron chi connectivity index (χ2n) is 20.2. The Morgan fingerprint density at radius 2 is 0.513 bits per heavy atom. The standard InChI is InChI=1S/C70H114O6/c1-4-7-10-13-16-19-22-25-28-29-30-31-32-33-34-35-36-37-38-39-40-41-43-45-48-51-54-57-60-63-69(72)75-66-67(65-74-68(71)62-59-56-53-50-47-44-27-24-21-18-15-12-9-6-3)76-70(73)64-61-58-55-52-49-46-42-26-23-20-17-14-11-8-5-2/h7-8,10-11,16-17,19-20,24-28,30-31,33-34,36-37,42,49,52,67H,4-6,9,12-15,18,21-23,29,32,35,38-41,43-48,50-51,53-66H2,1-3H3/b10-7-,11-8-,19-16-,20-17-,27-24-,28-25-,31-30-,34-33-,37-36-,42-26-,52-49-. The average Bonchev–Trinajstić information content (AvgIpc) is 3.42. The van der Waals surface area contributed by atoms with Gasteiger partial charge in [0.1, 0.15) is 13.2 Å². The molecule has 0 N–H and O–H groups in total. The Labute approximate surface area is 468 Å². The van der Waals surface area contributed by atoms with Crippen LogP contribution >= 0.6 is 0 Å². The molecule has 0 amide bonds. The molecule has 0 saturated carbocycles. The van der Waals surface area contributed by atoms with Crippen molar-refractivity contribution in [1.29, 1.82) is 0 Å². The van der Waals surface area contributed by atoms with Crippen LogP contribution in [0.1, 0.15) is 271 Å². The molecule has 0 aromatic carbocycles. The van der Waals surface area contributed by atoms with Gasteiger partial charge in [-0.05, 0) is 135 Å². The molecule has 0 bridgehead atoms. The molecule has 0 fully saturated rings. The summed E-state index contributed by atoms with van der Waals surface area (Å²) in [5, 5.41) is 0. The Balaban J connectivity index is 4.34. The molecule has 430 valence electrons. The van der Waals surface area contributed by atoms with Gasteiger partial charge < -0.3 is 14.2 Å². The highest BCUT2D eigenvalue weighted by atomic mass is 16.6. The highest BCUT2D eigenvalue weighted by molar-refractivity contribution is 5.71. The molecular weight excluding hydrogens is 937 g/mol. The van der Waals surface area contributed by atoms with E-state index < -0.39 is 6.10 Å². The second-order valence-corrected chi connectivity index (χ2v) is 20.2. The van der Waals surface area contributed by atoms with Crippen molar-refractivity contribution in [3.8, 4) is 0 Å². The predicted molar refractivity (Wildman–Crippen MR) is 329 cm³/mol. The summed E-state index contributed by atoms with van der Waals surface area (Å²) in [6.45, 7) is 6.36. The number of carbonyl (C=O) groups excluding carboxylic acids is 3. The van der Waals surface area contributed by atoms with E-state index in [1.165, 1.54) is 96.3 Å². The van der Waals surface area contributed by atoms with E-state index in [0.717, 1.165) is 128 Å². The molecule has 0 heterocycles. The lowest BCUT2D eigenvalue weighted by atomic mass is 10.1. The van der Waals surface area contributed by atoms with E-state index in [0.29, 0.717) is 19.3 Å². The summed E-state index contributed by atoms with van der Waals surface area (Å²) in [4.78, 5) is 38.2. The fourth-order valence-electron chi connectivity index (χ4n) is 8.25. The first-order valence-electron chi connectivity index (χ1n) is 31.2. The van der Waals surface area contributed by atoms with Gasteiger partial charge in [-0.1, -0.05) is 251 Å².